The molecule has 4 nitrogen and oxygen atoms in total. The maximum absolute atomic E-state index is 4.45. The number of hydrogen-bond acceptors (Lipinski definition) is 4. The summed E-state index contributed by atoms with van der Waals surface area (Å²) in [7, 11) is 0. The SMILES string of the molecule is CCN(CC)CCNCCn1ccnc1-c1cccs1. The molecule has 2 rings (SSSR count). The summed E-state index contributed by atoms with van der Waals surface area (Å²) in [6.45, 7) is 10.8. The molecule has 0 radical (unpaired) electrons. The Bertz CT molecular complexity index is 474. The normalized spacial score (nSPS) is 11.3. The van der Waals surface area contributed by atoms with Crippen LogP contribution in [0.15, 0.2) is 29.9 Å². The Morgan fingerprint density at radius 1 is 1.30 bits per heavy atom. The van der Waals surface area contributed by atoms with E-state index in [0.717, 1.165) is 45.1 Å². The van der Waals surface area contributed by atoms with Gasteiger partial charge in [0.1, 0.15) is 5.82 Å². The molecule has 0 aliphatic rings. The lowest BCUT2D eigenvalue weighted by Crippen LogP contribution is -2.33. The largest absolute Gasteiger partial charge is 0.329 e. The summed E-state index contributed by atoms with van der Waals surface area (Å²) >= 11 is 1.74. The van der Waals surface area contributed by atoms with Crippen molar-refractivity contribution >= 4 is 11.3 Å². The summed E-state index contributed by atoms with van der Waals surface area (Å²) in [4.78, 5) is 8.12. The highest BCUT2D eigenvalue weighted by atomic mass is 32.1. The van der Waals surface area contributed by atoms with Gasteiger partial charge >= 0.3 is 0 Å². The standard InChI is InChI=1S/C15H24N4S/c1-3-18(4-2)10-7-16-8-11-19-12-9-17-15(19)14-6-5-13-20-14/h5-6,9,12-13,16H,3-4,7-8,10-11H2,1-2H3. The monoisotopic (exact) mass is 292 g/mol. The lowest BCUT2D eigenvalue weighted by Gasteiger charge is -2.18. The fourth-order valence-corrected chi connectivity index (χ4v) is 2.96. The van der Waals surface area contributed by atoms with Crippen molar-refractivity contribution in [2.75, 3.05) is 32.7 Å². The second-order valence-electron chi connectivity index (χ2n) is 4.70. The molecule has 0 amide bonds. The van der Waals surface area contributed by atoms with Gasteiger partial charge < -0.3 is 14.8 Å². The van der Waals surface area contributed by atoms with Crippen LogP contribution in [0.2, 0.25) is 0 Å². The number of hydrogen-bond donors (Lipinski definition) is 1. The molecule has 2 heterocycles. The molecule has 0 aromatic carbocycles. The van der Waals surface area contributed by atoms with Crippen molar-refractivity contribution in [2.24, 2.45) is 0 Å². The second kappa shape index (κ2) is 8.19. The quantitative estimate of drug-likeness (QED) is 0.721. The van der Waals surface area contributed by atoms with E-state index >= 15 is 0 Å². The third-order valence-corrected chi connectivity index (χ3v) is 4.35. The van der Waals surface area contributed by atoms with Crippen molar-refractivity contribution in [1.29, 1.82) is 0 Å². The first kappa shape index (κ1) is 15.2. The summed E-state index contributed by atoms with van der Waals surface area (Å²) in [5.74, 6) is 1.07. The molecule has 0 atom stereocenters. The number of aromatic nitrogens is 2. The van der Waals surface area contributed by atoms with Gasteiger partial charge in [0.05, 0.1) is 4.88 Å². The van der Waals surface area contributed by atoms with Crippen LogP contribution in [0.3, 0.4) is 0 Å². The molecule has 0 spiro atoms. The van der Waals surface area contributed by atoms with Crippen molar-refractivity contribution in [3.63, 3.8) is 0 Å². The van der Waals surface area contributed by atoms with Gasteiger partial charge in [0.15, 0.2) is 0 Å². The van der Waals surface area contributed by atoms with E-state index in [1.54, 1.807) is 11.3 Å². The molecule has 0 fully saturated rings. The molecule has 110 valence electrons. The van der Waals surface area contributed by atoms with Gasteiger partial charge in [0.25, 0.3) is 0 Å². The Balaban J connectivity index is 1.74. The van der Waals surface area contributed by atoms with E-state index < -0.39 is 0 Å². The van der Waals surface area contributed by atoms with Crippen LogP contribution in [0, 0.1) is 0 Å². The predicted molar refractivity (Wildman–Crippen MR) is 86.2 cm³/mol. The molecule has 5 heteroatoms. The van der Waals surface area contributed by atoms with Gasteiger partial charge in [-0.25, -0.2) is 4.98 Å². The average molecular weight is 292 g/mol. The molecule has 20 heavy (non-hydrogen) atoms. The molecule has 2 aromatic heterocycles. The first-order valence-corrected chi connectivity index (χ1v) is 8.21. The fourth-order valence-electron chi connectivity index (χ4n) is 2.22. The van der Waals surface area contributed by atoms with Gasteiger partial charge in [-0.2, -0.15) is 0 Å². The Morgan fingerprint density at radius 3 is 2.85 bits per heavy atom. The van der Waals surface area contributed by atoms with E-state index in [2.05, 4.69) is 57.3 Å². The third-order valence-electron chi connectivity index (χ3n) is 3.49. The van der Waals surface area contributed by atoms with E-state index in [4.69, 9.17) is 0 Å². The molecule has 0 saturated heterocycles. The van der Waals surface area contributed by atoms with E-state index in [-0.39, 0.29) is 0 Å². The zero-order valence-electron chi connectivity index (χ0n) is 12.4. The first-order valence-electron chi connectivity index (χ1n) is 7.33. The number of likely N-dealkylation sites (N-methyl/N-ethyl adjacent to an activating group) is 1. The van der Waals surface area contributed by atoms with Crippen LogP contribution in [0.5, 0.6) is 0 Å². The van der Waals surface area contributed by atoms with E-state index in [1.165, 1.54) is 4.88 Å². The molecular weight excluding hydrogens is 268 g/mol. The zero-order valence-corrected chi connectivity index (χ0v) is 13.2. The highest BCUT2D eigenvalue weighted by Gasteiger charge is 2.06. The minimum Gasteiger partial charge on any atom is -0.329 e. The van der Waals surface area contributed by atoms with Gasteiger partial charge in [0, 0.05) is 38.6 Å². The smallest absolute Gasteiger partial charge is 0.150 e. The number of nitrogens with zero attached hydrogens (tertiary/aromatic N) is 3. The number of nitrogens with one attached hydrogen (secondary N) is 1. The van der Waals surface area contributed by atoms with Crippen molar-refractivity contribution in [3.05, 3.63) is 29.9 Å². The minimum absolute atomic E-state index is 0.964. The van der Waals surface area contributed by atoms with Gasteiger partial charge in [-0.05, 0) is 24.5 Å². The molecule has 1 N–H and O–H groups in total. The van der Waals surface area contributed by atoms with Crippen LogP contribution in [-0.2, 0) is 6.54 Å². The van der Waals surface area contributed by atoms with Crippen molar-refractivity contribution in [3.8, 4) is 10.7 Å². The van der Waals surface area contributed by atoms with Crippen LogP contribution < -0.4 is 5.32 Å². The number of imidazole rings is 1. The second-order valence-corrected chi connectivity index (χ2v) is 5.65. The van der Waals surface area contributed by atoms with Gasteiger partial charge in [-0.15, -0.1) is 11.3 Å². The topological polar surface area (TPSA) is 33.1 Å². The zero-order chi connectivity index (χ0) is 14.2. The van der Waals surface area contributed by atoms with Crippen LogP contribution in [-0.4, -0.2) is 47.2 Å². The summed E-state index contributed by atoms with van der Waals surface area (Å²) in [5, 5.41) is 5.60. The average Bonchev–Trinajstić information content (AvgIpc) is 3.13. The lowest BCUT2D eigenvalue weighted by molar-refractivity contribution is 0.302. The maximum Gasteiger partial charge on any atom is 0.150 e. The van der Waals surface area contributed by atoms with Crippen LogP contribution in [0.1, 0.15) is 13.8 Å². The highest BCUT2D eigenvalue weighted by molar-refractivity contribution is 7.13. The molecule has 0 bridgehead atoms. The van der Waals surface area contributed by atoms with Gasteiger partial charge in [-0.3, -0.25) is 0 Å². The lowest BCUT2D eigenvalue weighted by atomic mass is 10.4. The minimum atomic E-state index is 0.964. The maximum atomic E-state index is 4.45. The molecular formula is C15H24N4S. The highest BCUT2D eigenvalue weighted by Crippen LogP contribution is 2.22. The van der Waals surface area contributed by atoms with Crippen molar-refractivity contribution < 1.29 is 0 Å². The predicted octanol–water partition coefficient (Wildman–Crippen LogP) is 2.54. The Kier molecular flexibility index (Phi) is 6.24. The van der Waals surface area contributed by atoms with Crippen molar-refractivity contribution in [1.82, 2.24) is 19.8 Å². The molecule has 0 saturated carbocycles. The van der Waals surface area contributed by atoms with Crippen LogP contribution >= 0.6 is 11.3 Å². The van der Waals surface area contributed by atoms with E-state index in [9.17, 15) is 0 Å². The Labute approximate surface area is 125 Å². The number of rotatable bonds is 9. The summed E-state index contributed by atoms with van der Waals surface area (Å²) < 4.78 is 2.22. The van der Waals surface area contributed by atoms with Crippen molar-refractivity contribution in [2.45, 2.75) is 20.4 Å². The third kappa shape index (κ3) is 4.16. The number of thiophene rings is 1. The van der Waals surface area contributed by atoms with Crippen LogP contribution in [0.25, 0.3) is 10.7 Å². The molecule has 0 aliphatic carbocycles. The van der Waals surface area contributed by atoms with E-state index in [0.29, 0.717) is 0 Å². The molecule has 0 aliphatic heterocycles. The molecule has 2 aromatic rings. The van der Waals surface area contributed by atoms with Gasteiger partial charge in [-0.1, -0.05) is 19.9 Å². The Hall–Kier alpha value is -1.17. The summed E-state index contributed by atoms with van der Waals surface area (Å²) in [6.07, 6.45) is 3.94. The first-order chi connectivity index (χ1) is 9.85. The summed E-state index contributed by atoms with van der Waals surface area (Å²) in [5.41, 5.74) is 0. The summed E-state index contributed by atoms with van der Waals surface area (Å²) in [6, 6.07) is 4.19. The Morgan fingerprint density at radius 2 is 2.15 bits per heavy atom. The van der Waals surface area contributed by atoms with E-state index in [1.807, 2.05) is 6.20 Å². The van der Waals surface area contributed by atoms with Crippen LogP contribution in [0.4, 0.5) is 0 Å². The fraction of sp³-hybridized carbons (Fsp3) is 0.533. The molecule has 0 unspecified atom stereocenters. The van der Waals surface area contributed by atoms with Gasteiger partial charge in [0.2, 0.25) is 0 Å².